The number of hydrogen-bond donors (Lipinski definition) is 1. The summed E-state index contributed by atoms with van der Waals surface area (Å²) in [7, 11) is 0. The van der Waals surface area contributed by atoms with Gasteiger partial charge in [-0.1, -0.05) is 6.92 Å². The molecule has 6 heteroatoms. The predicted octanol–water partition coefficient (Wildman–Crippen LogP) is 2.14. The van der Waals surface area contributed by atoms with E-state index in [4.69, 9.17) is 4.74 Å². The molecule has 1 atom stereocenters. The van der Waals surface area contributed by atoms with Crippen molar-refractivity contribution in [3.63, 3.8) is 0 Å². The summed E-state index contributed by atoms with van der Waals surface area (Å²) < 4.78 is 5.05. The molecule has 0 aliphatic heterocycles. The van der Waals surface area contributed by atoms with Crippen LogP contribution < -0.4 is 5.32 Å². The Labute approximate surface area is 111 Å². The maximum Gasteiger partial charge on any atom is 0.338 e. The number of rotatable bonds is 7. The lowest BCUT2D eigenvalue weighted by molar-refractivity contribution is -0.384. The largest absolute Gasteiger partial charge is 0.461 e. The highest BCUT2D eigenvalue weighted by molar-refractivity contribution is 5.89. The van der Waals surface area contributed by atoms with Crippen LogP contribution >= 0.6 is 0 Å². The Morgan fingerprint density at radius 3 is 2.58 bits per heavy atom. The lowest BCUT2D eigenvalue weighted by Crippen LogP contribution is -2.29. The third-order valence-corrected chi connectivity index (χ3v) is 2.75. The number of nitrogens with zero attached hydrogens (tertiary/aromatic N) is 1. The van der Waals surface area contributed by atoms with Gasteiger partial charge in [-0.05, 0) is 25.5 Å². The number of nitro benzene ring substituents is 1. The van der Waals surface area contributed by atoms with Gasteiger partial charge in [-0.2, -0.15) is 0 Å². The monoisotopic (exact) mass is 266 g/mol. The third kappa shape index (κ3) is 5.05. The van der Waals surface area contributed by atoms with E-state index in [0.717, 1.165) is 6.42 Å². The van der Waals surface area contributed by atoms with Gasteiger partial charge in [0.2, 0.25) is 0 Å². The second-order valence-electron chi connectivity index (χ2n) is 4.20. The zero-order chi connectivity index (χ0) is 14.3. The molecule has 1 N–H and O–H groups in total. The number of carbonyl (C=O) groups excluding carboxylic acids is 1. The van der Waals surface area contributed by atoms with E-state index in [9.17, 15) is 14.9 Å². The lowest BCUT2D eigenvalue weighted by Gasteiger charge is -2.11. The van der Waals surface area contributed by atoms with E-state index in [1.54, 1.807) is 0 Å². The Morgan fingerprint density at radius 2 is 2.05 bits per heavy atom. The molecule has 0 amide bonds. The Bertz CT molecular complexity index is 431. The zero-order valence-electron chi connectivity index (χ0n) is 11.1. The van der Waals surface area contributed by atoms with E-state index in [1.165, 1.54) is 24.3 Å². The minimum Gasteiger partial charge on any atom is -0.461 e. The molecule has 0 fully saturated rings. The van der Waals surface area contributed by atoms with Crippen molar-refractivity contribution in [2.24, 2.45) is 0 Å². The molecule has 0 heterocycles. The van der Waals surface area contributed by atoms with Crippen molar-refractivity contribution in [2.75, 3.05) is 13.2 Å². The predicted molar refractivity (Wildman–Crippen MR) is 71.1 cm³/mol. The fourth-order valence-electron chi connectivity index (χ4n) is 1.40. The van der Waals surface area contributed by atoms with Crippen LogP contribution in [0, 0.1) is 10.1 Å². The van der Waals surface area contributed by atoms with Crippen LogP contribution in [0.25, 0.3) is 0 Å². The summed E-state index contributed by atoms with van der Waals surface area (Å²) in [6, 6.07) is 5.74. The molecule has 0 aliphatic carbocycles. The Balaban J connectivity index is 2.39. The van der Waals surface area contributed by atoms with Gasteiger partial charge >= 0.3 is 5.97 Å². The molecule has 19 heavy (non-hydrogen) atoms. The smallest absolute Gasteiger partial charge is 0.338 e. The molecule has 1 aromatic rings. The van der Waals surface area contributed by atoms with Crippen molar-refractivity contribution in [2.45, 2.75) is 26.3 Å². The second-order valence-corrected chi connectivity index (χ2v) is 4.20. The van der Waals surface area contributed by atoms with Gasteiger partial charge in [0.25, 0.3) is 5.69 Å². The van der Waals surface area contributed by atoms with Crippen LogP contribution in [-0.4, -0.2) is 30.1 Å². The van der Waals surface area contributed by atoms with E-state index in [2.05, 4.69) is 19.2 Å². The SMILES string of the molecule is CC[C@H](C)NCCOC(=O)c1ccc([N+](=O)[O-])cc1. The number of benzene rings is 1. The van der Waals surface area contributed by atoms with Crippen molar-refractivity contribution in [3.8, 4) is 0 Å². The molecule has 0 radical (unpaired) electrons. The van der Waals surface area contributed by atoms with Crippen molar-refractivity contribution in [3.05, 3.63) is 39.9 Å². The standard InChI is InChI=1S/C13H18N2O4/c1-3-10(2)14-8-9-19-13(16)11-4-6-12(7-5-11)15(17)18/h4-7,10,14H,3,8-9H2,1-2H3/t10-/m0/s1. The first-order valence-electron chi connectivity index (χ1n) is 6.19. The number of non-ortho nitro benzene ring substituents is 1. The highest BCUT2D eigenvalue weighted by Gasteiger charge is 2.10. The Hall–Kier alpha value is -1.95. The van der Waals surface area contributed by atoms with E-state index >= 15 is 0 Å². The second kappa shape index (κ2) is 7.48. The van der Waals surface area contributed by atoms with Crippen LogP contribution in [0.1, 0.15) is 30.6 Å². The van der Waals surface area contributed by atoms with Gasteiger partial charge in [-0.25, -0.2) is 4.79 Å². The molecule has 6 nitrogen and oxygen atoms in total. The summed E-state index contributed by atoms with van der Waals surface area (Å²) >= 11 is 0. The van der Waals surface area contributed by atoms with Gasteiger partial charge in [0.05, 0.1) is 10.5 Å². The maximum absolute atomic E-state index is 11.6. The third-order valence-electron chi connectivity index (χ3n) is 2.75. The highest BCUT2D eigenvalue weighted by atomic mass is 16.6. The number of nitro groups is 1. The maximum atomic E-state index is 11.6. The van der Waals surface area contributed by atoms with E-state index in [1.807, 2.05) is 0 Å². The molecule has 0 unspecified atom stereocenters. The molecule has 1 rings (SSSR count). The van der Waals surface area contributed by atoms with Crippen molar-refractivity contribution >= 4 is 11.7 Å². The average molecular weight is 266 g/mol. The van der Waals surface area contributed by atoms with Gasteiger partial charge in [-0.3, -0.25) is 10.1 Å². The molecule has 0 saturated carbocycles. The Kier molecular flexibility index (Phi) is 5.95. The number of carbonyl (C=O) groups is 1. The minimum absolute atomic E-state index is 0.0463. The average Bonchev–Trinajstić information content (AvgIpc) is 2.43. The summed E-state index contributed by atoms with van der Waals surface area (Å²) in [6.45, 7) is 4.99. The van der Waals surface area contributed by atoms with Gasteiger partial charge in [0.1, 0.15) is 6.61 Å². The number of ether oxygens (including phenoxy) is 1. The fraction of sp³-hybridized carbons (Fsp3) is 0.462. The van der Waals surface area contributed by atoms with Crippen LogP contribution in [0.3, 0.4) is 0 Å². The first kappa shape index (κ1) is 15.1. The summed E-state index contributed by atoms with van der Waals surface area (Å²) in [5, 5.41) is 13.7. The van der Waals surface area contributed by atoms with Crippen LogP contribution in [0.15, 0.2) is 24.3 Å². The van der Waals surface area contributed by atoms with Gasteiger partial charge < -0.3 is 10.1 Å². The van der Waals surface area contributed by atoms with E-state index in [-0.39, 0.29) is 12.3 Å². The molecule has 0 spiro atoms. The van der Waals surface area contributed by atoms with Crippen LogP contribution in [-0.2, 0) is 4.74 Å². The number of nitrogens with one attached hydrogen (secondary N) is 1. The first-order chi connectivity index (χ1) is 9.04. The Morgan fingerprint density at radius 1 is 1.42 bits per heavy atom. The normalized spacial score (nSPS) is 11.9. The quantitative estimate of drug-likeness (QED) is 0.354. The summed E-state index contributed by atoms with van der Waals surface area (Å²) in [5.74, 6) is -0.471. The fourth-order valence-corrected chi connectivity index (χ4v) is 1.40. The topological polar surface area (TPSA) is 81.5 Å². The van der Waals surface area contributed by atoms with Crippen LogP contribution in [0.5, 0.6) is 0 Å². The summed E-state index contributed by atoms with van der Waals surface area (Å²) in [4.78, 5) is 21.6. The summed E-state index contributed by atoms with van der Waals surface area (Å²) in [6.07, 6.45) is 1.01. The van der Waals surface area contributed by atoms with Crippen LogP contribution in [0.2, 0.25) is 0 Å². The minimum atomic E-state index is -0.509. The van der Waals surface area contributed by atoms with Gasteiger partial charge in [-0.15, -0.1) is 0 Å². The van der Waals surface area contributed by atoms with E-state index < -0.39 is 10.9 Å². The lowest BCUT2D eigenvalue weighted by atomic mass is 10.2. The van der Waals surface area contributed by atoms with Gasteiger partial charge in [0.15, 0.2) is 0 Å². The molecular formula is C13H18N2O4. The molecule has 0 bridgehead atoms. The molecule has 1 aromatic carbocycles. The van der Waals surface area contributed by atoms with E-state index in [0.29, 0.717) is 18.2 Å². The molecule has 0 aromatic heterocycles. The number of hydrogen-bond acceptors (Lipinski definition) is 5. The van der Waals surface area contributed by atoms with Crippen LogP contribution in [0.4, 0.5) is 5.69 Å². The molecular weight excluding hydrogens is 248 g/mol. The molecule has 104 valence electrons. The zero-order valence-corrected chi connectivity index (χ0v) is 11.1. The van der Waals surface area contributed by atoms with Crippen molar-refractivity contribution in [1.82, 2.24) is 5.32 Å². The number of esters is 1. The first-order valence-corrected chi connectivity index (χ1v) is 6.19. The van der Waals surface area contributed by atoms with Crippen molar-refractivity contribution < 1.29 is 14.5 Å². The summed E-state index contributed by atoms with van der Waals surface area (Å²) in [5.41, 5.74) is 0.268. The molecule has 0 saturated heterocycles. The molecule has 0 aliphatic rings. The van der Waals surface area contributed by atoms with Crippen molar-refractivity contribution in [1.29, 1.82) is 0 Å². The van der Waals surface area contributed by atoms with Gasteiger partial charge in [0, 0.05) is 24.7 Å². The highest BCUT2D eigenvalue weighted by Crippen LogP contribution is 2.12.